The average Bonchev–Trinajstić information content (AvgIpc) is 3.00. The Morgan fingerprint density at radius 2 is 2.05 bits per heavy atom. The molecule has 112 valence electrons. The summed E-state index contributed by atoms with van der Waals surface area (Å²) in [6, 6.07) is 0. The maximum absolute atomic E-state index is 12.2. The van der Waals surface area contributed by atoms with Crippen LogP contribution in [0.4, 0.5) is 11.5 Å². The van der Waals surface area contributed by atoms with Gasteiger partial charge in [-0.25, -0.2) is 4.68 Å². The summed E-state index contributed by atoms with van der Waals surface area (Å²) >= 11 is 0. The summed E-state index contributed by atoms with van der Waals surface area (Å²) in [5, 5.41) is 4.45. The number of aryl methyl sites for hydroxylation is 2. The van der Waals surface area contributed by atoms with Gasteiger partial charge in [-0.05, 0) is 26.2 Å². The van der Waals surface area contributed by atoms with Gasteiger partial charge in [-0.1, -0.05) is 6.92 Å². The Labute approximate surface area is 120 Å². The summed E-state index contributed by atoms with van der Waals surface area (Å²) in [5.74, 6) is 1.03. The Morgan fingerprint density at radius 1 is 1.40 bits per heavy atom. The Kier molecular flexibility index (Phi) is 4.52. The van der Waals surface area contributed by atoms with Crippen molar-refractivity contribution in [1.29, 1.82) is 0 Å². The number of carbonyl (C=O) groups is 1. The minimum absolute atomic E-state index is 0.173. The number of nitrogens with zero attached hydrogens (tertiary/aromatic N) is 4. The van der Waals surface area contributed by atoms with Gasteiger partial charge in [0.2, 0.25) is 5.91 Å². The van der Waals surface area contributed by atoms with Crippen LogP contribution in [0.1, 0.15) is 31.9 Å². The maximum Gasteiger partial charge on any atom is 0.242 e. The van der Waals surface area contributed by atoms with Gasteiger partial charge in [-0.3, -0.25) is 4.79 Å². The zero-order valence-corrected chi connectivity index (χ0v) is 12.7. The monoisotopic (exact) mass is 279 g/mol. The van der Waals surface area contributed by atoms with E-state index in [1.165, 1.54) is 0 Å². The molecule has 2 rings (SSSR count). The average molecular weight is 279 g/mol. The van der Waals surface area contributed by atoms with E-state index in [0.717, 1.165) is 50.4 Å². The molecule has 2 heterocycles. The predicted molar refractivity (Wildman–Crippen MR) is 80.8 cm³/mol. The molecular formula is C14H25N5O. The summed E-state index contributed by atoms with van der Waals surface area (Å²) in [6.45, 7) is 6.95. The number of nitrogens with two attached hydrogens (primary N) is 1. The van der Waals surface area contributed by atoms with Crippen molar-refractivity contribution < 1.29 is 4.79 Å². The Hall–Kier alpha value is -1.72. The van der Waals surface area contributed by atoms with Crippen LogP contribution < -0.4 is 10.6 Å². The van der Waals surface area contributed by atoms with Crippen molar-refractivity contribution in [3.05, 3.63) is 5.69 Å². The zero-order valence-electron chi connectivity index (χ0n) is 12.7. The van der Waals surface area contributed by atoms with E-state index in [2.05, 4.69) is 12.0 Å². The number of likely N-dealkylation sites (tertiary alicyclic amines) is 1. The first-order chi connectivity index (χ1) is 9.54. The number of amides is 1. The number of hydrogen-bond acceptors (Lipinski definition) is 4. The molecule has 1 amide bonds. The molecule has 1 saturated heterocycles. The lowest BCUT2D eigenvalue weighted by molar-refractivity contribution is -0.128. The number of aromatic nitrogens is 2. The van der Waals surface area contributed by atoms with Crippen LogP contribution in [0.3, 0.4) is 0 Å². The van der Waals surface area contributed by atoms with E-state index in [-0.39, 0.29) is 5.91 Å². The molecule has 1 aliphatic rings. The van der Waals surface area contributed by atoms with Crippen molar-refractivity contribution in [3.63, 3.8) is 0 Å². The van der Waals surface area contributed by atoms with Crippen molar-refractivity contribution >= 4 is 17.4 Å². The Balaban J connectivity index is 2.11. The van der Waals surface area contributed by atoms with Gasteiger partial charge in [0, 0.05) is 26.7 Å². The molecule has 0 spiro atoms. The van der Waals surface area contributed by atoms with Gasteiger partial charge in [-0.2, -0.15) is 5.10 Å². The smallest absolute Gasteiger partial charge is 0.242 e. The lowest BCUT2D eigenvalue weighted by Gasteiger charge is -2.23. The van der Waals surface area contributed by atoms with E-state index in [9.17, 15) is 4.79 Å². The quantitative estimate of drug-likeness (QED) is 0.880. The largest absolute Gasteiger partial charge is 0.394 e. The third-order valence-electron chi connectivity index (χ3n) is 3.77. The van der Waals surface area contributed by atoms with Crippen LogP contribution in [-0.2, 0) is 11.3 Å². The van der Waals surface area contributed by atoms with Crippen molar-refractivity contribution in [1.82, 2.24) is 14.7 Å². The minimum atomic E-state index is 0.173. The molecule has 6 heteroatoms. The van der Waals surface area contributed by atoms with Crippen LogP contribution >= 0.6 is 0 Å². The summed E-state index contributed by atoms with van der Waals surface area (Å²) in [7, 11) is 1.91. The van der Waals surface area contributed by atoms with Crippen LogP contribution in [0.25, 0.3) is 0 Å². The minimum Gasteiger partial charge on any atom is -0.394 e. The maximum atomic E-state index is 12.2. The van der Waals surface area contributed by atoms with Crippen molar-refractivity contribution in [2.24, 2.45) is 0 Å². The first-order valence-corrected chi connectivity index (χ1v) is 7.36. The SMILES string of the molecule is CCCn1nc(C)c(N)c1N(C)CC(=O)N1CCCC1. The molecule has 0 saturated carbocycles. The molecule has 0 atom stereocenters. The highest BCUT2D eigenvalue weighted by molar-refractivity contribution is 5.82. The number of hydrogen-bond donors (Lipinski definition) is 1. The molecule has 1 aromatic heterocycles. The summed E-state index contributed by atoms with van der Waals surface area (Å²) in [4.78, 5) is 16.1. The number of carbonyl (C=O) groups excluding carboxylic acids is 1. The highest BCUT2D eigenvalue weighted by atomic mass is 16.2. The molecule has 6 nitrogen and oxygen atoms in total. The Morgan fingerprint density at radius 3 is 2.65 bits per heavy atom. The molecule has 0 unspecified atom stereocenters. The van der Waals surface area contributed by atoms with E-state index in [0.29, 0.717) is 12.2 Å². The van der Waals surface area contributed by atoms with Crippen molar-refractivity contribution in [2.45, 2.75) is 39.7 Å². The van der Waals surface area contributed by atoms with E-state index < -0.39 is 0 Å². The molecule has 1 fully saturated rings. The second kappa shape index (κ2) is 6.15. The summed E-state index contributed by atoms with van der Waals surface area (Å²) in [6.07, 6.45) is 3.22. The fourth-order valence-electron chi connectivity index (χ4n) is 2.70. The number of likely N-dealkylation sites (N-methyl/N-ethyl adjacent to an activating group) is 1. The van der Waals surface area contributed by atoms with E-state index in [1.807, 2.05) is 28.5 Å². The third kappa shape index (κ3) is 2.89. The van der Waals surface area contributed by atoms with E-state index >= 15 is 0 Å². The fourth-order valence-corrected chi connectivity index (χ4v) is 2.70. The second-order valence-electron chi connectivity index (χ2n) is 5.49. The highest BCUT2D eigenvalue weighted by Gasteiger charge is 2.22. The summed E-state index contributed by atoms with van der Waals surface area (Å²) < 4.78 is 1.90. The molecule has 20 heavy (non-hydrogen) atoms. The van der Waals surface area contributed by atoms with Gasteiger partial charge in [0.25, 0.3) is 0 Å². The van der Waals surface area contributed by atoms with Gasteiger partial charge in [0.15, 0.2) is 5.82 Å². The van der Waals surface area contributed by atoms with E-state index in [1.54, 1.807) is 0 Å². The molecule has 0 aliphatic carbocycles. The Bertz CT molecular complexity index is 476. The molecule has 0 bridgehead atoms. The van der Waals surface area contributed by atoms with Crippen molar-refractivity contribution in [3.8, 4) is 0 Å². The van der Waals surface area contributed by atoms with Crippen LogP contribution in [0.15, 0.2) is 0 Å². The van der Waals surface area contributed by atoms with Gasteiger partial charge < -0.3 is 15.5 Å². The standard InChI is InChI=1S/C14H25N5O/c1-4-7-19-14(13(15)11(2)16-19)17(3)10-12(20)18-8-5-6-9-18/h4-10,15H2,1-3H3. The van der Waals surface area contributed by atoms with Crippen molar-refractivity contribution in [2.75, 3.05) is 37.3 Å². The van der Waals surface area contributed by atoms with Crippen LogP contribution in [0.5, 0.6) is 0 Å². The predicted octanol–water partition coefficient (Wildman–Crippen LogP) is 1.24. The number of anilines is 2. The first kappa shape index (κ1) is 14.7. The molecule has 0 aromatic carbocycles. The summed E-state index contributed by atoms with van der Waals surface area (Å²) in [5.41, 5.74) is 7.62. The molecule has 2 N–H and O–H groups in total. The molecule has 1 aromatic rings. The topological polar surface area (TPSA) is 67.4 Å². The normalized spacial score (nSPS) is 14.8. The third-order valence-corrected chi connectivity index (χ3v) is 3.77. The zero-order chi connectivity index (χ0) is 14.7. The van der Waals surface area contributed by atoms with Crippen LogP contribution in [-0.4, -0.2) is 47.3 Å². The first-order valence-electron chi connectivity index (χ1n) is 7.36. The lowest BCUT2D eigenvalue weighted by atomic mass is 10.3. The van der Waals surface area contributed by atoms with Gasteiger partial charge in [-0.15, -0.1) is 0 Å². The van der Waals surface area contributed by atoms with Gasteiger partial charge in [0.1, 0.15) is 0 Å². The number of rotatable bonds is 5. The van der Waals surface area contributed by atoms with Crippen LogP contribution in [0.2, 0.25) is 0 Å². The fraction of sp³-hybridized carbons (Fsp3) is 0.714. The van der Waals surface area contributed by atoms with Gasteiger partial charge >= 0.3 is 0 Å². The highest BCUT2D eigenvalue weighted by Crippen LogP contribution is 2.26. The second-order valence-corrected chi connectivity index (χ2v) is 5.49. The molecular weight excluding hydrogens is 254 g/mol. The lowest BCUT2D eigenvalue weighted by Crippen LogP contribution is -2.38. The van der Waals surface area contributed by atoms with E-state index in [4.69, 9.17) is 5.73 Å². The molecule has 1 aliphatic heterocycles. The number of nitrogen functional groups attached to an aromatic ring is 1. The van der Waals surface area contributed by atoms with Crippen LogP contribution in [0, 0.1) is 6.92 Å². The van der Waals surface area contributed by atoms with Gasteiger partial charge in [0.05, 0.1) is 17.9 Å². The molecule has 0 radical (unpaired) electrons.